The minimum atomic E-state index is -0.333. The monoisotopic (exact) mass is 999 g/mol. The molecule has 0 amide bonds. The van der Waals surface area contributed by atoms with Gasteiger partial charge in [0.25, 0.3) is 6.71 Å². The second-order valence-electron chi connectivity index (χ2n) is 21.6. The molecule has 4 aromatic carbocycles. The van der Waals surface area contributed by atoms with E-state index >= 15 is 4.79 Å². The van der Waals surface area contributed by atoms with Crippen molar-refractivity contribution >= 4 is 155 Å². The van der Waals surface area contributed by atoms with Crippen LogP contribution in [-0.4, -0.2) is 175 Å². The van der Waals surface area contributed by atoms with Crippen LogP contribution in [0.15, 0.2) is 72.8 Å². The first-order valence-corrected chi connectivity index (χ1v) is 26.9. The minimum absolute atomic E-state index is 0. The quantitative estimate of drug-likeness (QED) is 0.165. The van der Waals surface area contributed by atoms with E-state index in [1.54, 1.807) is 0 Å². The van der Waals surface area contributed by atoms with E-state index in [0.717, 1.165) is 69.5 Å². The van der Waals surface area contributed by atoms with Gasteiger partial charge in [-0.05, 0) is 131 Å². The van der Waals surface area contributed by atoms with E-state index < -0.39 is 0 Å². The Kier molecular flexibility index (Phi) is 27.4. The Balaban J connectivity index is 0.000000397. The minimum Gasteiger partial charge on any atom is -0.381 e. The third-order valence-corrected chi connectivity index (χ3v) is 14.4. The topological polar surface area (TPSA) is 54.0 Å². The van der Waals surface area contributed by atoms with Crippen molar-refractivity contribution in [1.29, 1.82) is 0 Å². The fourth-order valence-electron chi connectivity index (χ4n) is 10.6. The van der Waals surface area contributed by atoms with E-state index in [9.17, 15) is 0 Å². The Hall–Kier alpha value is -0.467. The van der Waals surface area contributed by atoms with Crippen molar-refractivity contribution in [3.05, 3.63) is 117 Å². The van der Waals surface area contributed by atoms with Crippen LogP contribution in [0.25, 0.3) is 11.0 Å². The fourth-order valence-corrected chi connectivity index (χ4v) is 10.6. The molecule has 4 saturated heterocycles. The molecule has 2 radical (unpaired) electrons. The van der Waals surface area contributed by atoms with Crippen molar-refractivity contribution in [2.24, 2.45) is 0 Å². The number of hydrogen-bond donors (Lipinski definition) is 0. The van der Waals surface area contributed by atoms with Crippen LogP contribution in [0.5, 0.6) is 0 Å². The molecule has 0 saturated carbocycles. The molecular weight excluding hydrogens is 912 g/mol. The van der Waals surface area contributed by atoms with Gasteiger partial charge >= 0.3 is 0 Å². The number of rotatable bonds is 8. The molecule has 10 rings (SSSR count). The smallest absolute Gasteiger partial charge is 0.295 e. The van der Waals surface area contributed by atoms with Crippen LogP contribution >= 0.6 is 0 Å². The largest absolute Gasteiger partial charge is 0.381 e. The van der Waals surface area contributed by atoms with Crippen LogP contribution in [0.3, 0.4) is 0 Å². The molecule has 6 aliphatic rings. The fraction of sp³-hybridized carbons (Fsp3) is 0.557. The Labute approximate surface area is 512 Å². The average molecular weight is 999 g/mol. The maximum absolute atomic E-state index is 15.6. The van der Waals surface area contributed by atoms with Crippen LogP contribution in [0.2, 0.25) is 0 Å². The second kappa shape index (κ2) is 30.9. The summed E-state index contributed by atoms with van der Waals surface area (Å²) in [6.07, 6.45) is 10.2. The number of carbonyl (C=O) groups excluding carboxylic acids is 1. The van der Waals surface area contributed by atoms with Gasteiger partial charge in [-0.2, -0.15) is 0 Å². The standard InChI is InChI=1S/C45H54B2O.4C4H8O.2K/c1-25(2)31-21-35(27(5)6)42(36(22-31)28(7)8)46-39-19-15-13-17-33(39)41-44(46)34-18-14-16-20-40(34)47(45(41)48)43-37(29(9)10)23-32(26(3)4)24-38(43)30(11)12;4*1-2-4-5-3-1;;/h13-30H,1-12H3;4*1-4H2;;. The molecule has 0 spiro atoms. The van der Waals surface area contributed by atoms with Gasteiger partial charge in [0.2, 0.25) is 6.71 Å². The maximum Gasteiger partial charge on any atom is 0.295 e. The third kappa shape index (κ3) is 15.8. The summed E-state index contributed by atoms with van der Waals surface area (Å²) in [5.74, 6) is 2.19. The maximum atomic E-state index is 15.6. The molecule has 0 unspecified atom stereocenters. The first-order valence-electron chi connectivity index (χ1n) is 26.9. The van der Waals surface area contributed by atoms with Gasteiger partial charge in [-0.1, -0.05) is 183 Å². The SMILES string of the molecule is C1CCOC1.C1CCOC1.C1CCOC1.C1CCOC1.CC(C)c1cc(C(C)C)c(B2C(=O)C3=C(B(c4c(C(C)C)cc(C(C)C)cc4C(C)C)c4ccccc43)c3ccccc32)c(C(C)C)c1.[K].[K]. The summed E-state index contributed by atoms with van der Waals surface area (Å²) in [7, 11) is 0. The number of hydrogen-bond acceptors (Lipinski definition) is 5. The summed E-state index contributed by atoms with van der Waals surface area (Å²) in [6, 6.07) is 27.4. The predicted octanol–water partition coefficient (Wildman–Crippen LogP) is 11.7. The Morgan fingerprint density at radius 1 is 0.386 bits per heavy atom. The van der Waals surface area contributed by atoms with Gasteiger partial charge < -0.3 is 23.7 Å². The van der Waals surface area contributed by atoms with Crippen LogP contribution < -0.4 is 21.9 Å². The normalized spacial score (nSPS) is 16.7. The summed E-state index contributed by atoms with van der Waals surface area (Å²) in [4.78, 5) is 15.6. The second-order valence-corrected chi connectivity index (χ2v) is 21.6. The molecule has 0 aromatic heterocycles. The number of allylic oxidation sites excluding steroid dienone is 1. The molecule has 6 aliphatic heterocycles. The Morgan fingerprint density at radius 3 is 0.957 bits per heavy atom. The molecule has 4 aromatic rings. The van der Waals surface area contributed by atoms with E-state index in [0.29, 0.717) is 35.5 Å². The molecular formula is C61H86B2K2O5. The van der Waals surface area contributed by atoms with Crippen LogP contribution in [0.1, 0.15) is 214 Å². The molecule has 70 heavy (non-hydrogen) atoms. The van der Waals surface area contributed by atoms with E-state index in [2.05, 4.69) is 156 Å². The van der Waals surface area contributed by atoms with Crippen molar-refractivity contribution < 1.29 is 23.7 Å². The average Bonchev–Trinajstić information content (AvgIpc) is 4.20. The number of benzene rings is 4. The van der Waals surface area contributed by atoms with E-state index in [1.807, 2.05) is 0 Å². The van der Waals surface area contributed by atoms with Gasteiger partial charge in [0, 0.05) is 161 Å². The molecule has 368 valence electrons. The molecule has 0 N–H and O–H groups in total. The van der Waals surface area contributed by atoms with Crippen molar-refractivity contribution in [2.45, 2.75) is 170 Å². The van der Waals surface area contributed by atoms with Gasteiger partial charge in [0.15, 0.2) is 0 Å². The molecule has 0 aliphatic carbocycles. The molecule has 5 nitrogen and oxygen atoms in total. The number of carbonyl (C=O) groups is 1. The summed E-state index contributed by atoms with van der Waals surface area (Å²) in [6.45, 7) is 35.3. The van der Waals surface area contributed by atoms with Crippen LogP contribution in [0.4, 0.5) is 0 Å². The van der Waals surface area contributed by atoms with E-state index in [4.69, 9.17) is 18.9 Å². The van der Waals surface area contributed by atoms with Gasteiger partial charge in [0.05, 0.1) is 0 Å². The Bertz CT molecular complexity index is 2150. The third-order valence-electron chi connectivity index (χ3n) is 14.4. The zero-order valence-electron chi connectivity index (χ0n) is 46.4. The first kappa shape index (κ1) is 62.1. The van der Waals surface area contributed by atoms with Crippen molar-refractivity contribution in [1.82, 2.24) is 0 Å². The van der Waals surface area contributed by atoms with Crippen molar-refractivity contribution in [3.8, 4) is 0 Å². The molecule has 4 fully saturated rings. The van der Waals surface area contributed by atoms with Crippen LogP contribution in [0, 0.1) is 0 Å². The molecule has 6 heterocycles. The summed E-state index contributed by atoms with van der Waals surface area (Å²) in [5.41, 5.74) is 18.1. The van der Waals surface area contributed by atoms with Gasteiger partial charge in [-0.15, -0.1) is 0 Å². The summed E-state index contributed by atoms with van der Waals surface area (Å²) in [5, 5.41) is 0. The van der Waals surface area contributed by atoms with Gasteiger partial charge in [0.1, 0.15) is 5.68 Å². The number of fused-ring (bicyclic) bond motifs is 4. The molecule has 0 bridgehead atoms. The molecule has 0 atom stereocenters. The van der Waals surface area contributed by atoms with E-state index in [1.165, 1.54) is 112 Å². The van der Waals surface area contributed by atoms with Crippen molar-refractivity contribution in [2.75, 3.05) is 52.9 Å². The Morgan fingerprint density at radius 2 is 0.671 bits per heavy atom. The zero-order chi connectivity index (χ0) is 48.9. The van der Waals surface area contributed by atoms with Crippen molar-refractivity contribution in [3.63, 3.8) is 0 Å². The summed E-state index contributed by atoms with van der Waals surface area (Å²) >= 11 is 0. The number of ether oxygens (including phenoxy) is 4. The van der Waals surface area contributed by atoms with E-state index in [-0.39, 0.29) is 122 Å². The van der Waals surface area contributed by atoms with Crippen LogP contribution in [-0.2, 0) is 23.7 Å². The zero-order valence-corrected chi connectivity index (χ0v) is 52.6. The van der Waals surface area contributed by atoms with Gasteiger partial charge in [-0.25, -0.2) is 0 Å². The van der Waals surface area contributed by atoms with Gasteiger partial charge in [-0.3, -0.25) is 0 Å². The first-order chi connectivity index (χ1) is 32.7. The molecule has 9 heteroatoms. The summed E-state index contributed by atoms with van der Waals surface area (Å²) < 4.78 is 19.8. The predicted molar refractivity (Wildman–Crippen MR) is 304 cm³/mol.